The molecular weight excluding hydrogens is 747 g/mol. The first-order valence-corrected chi connectivity index (χ1v) is 16.3. The van der Waals surface area contributed by atoms with E-state index in [1.165, 1.54) is 33.6 Å². The van der Waals surface area contributed by atoms with Crippen LogP contribution in [0.3, 0.4) is 0 Å². The van der Waals surface area contributed by atoms with Gasteiger partial charge in [0.1, 0.15) is 11.5 Å². The minimum absolute atomic E-state index is 0. The second-order valence-electron chi connectivity index (χ2n) is 13.4. The summed E-state index contributed by atoms with van der Waals surface area (Å²) in [5, 5.41) is 4.68. The predicted molar refractivity (Wildman–Crippen MR) is 188 cm³/mol. The molecule has 4 nitrogen and oxygen atoms in total. The van der Waals surface area contributed by atoms with Gasteiger partial charge < -0.3 is 10.1 Å². The van der Waals surface area contributed by atoms with Gasteiger partial charge in [-0.05, 0) is 49.7 Å². The summed E-state index contributed by atoms with van der Waals surface area (Å²) in [5.41, 5.74) is 12.2. The van der Waals surface area contributed by atoms with E-state index in [0.29, 0.717) is 23.7 Å². The maximum atomic E-state index is 5.85. The molecule has 6 rings (SSSR count). The second-order valence-corrected chi connectivity index (χ2v) is 13.4. The van der Waals surface area contributed by atoms with E-state index >= 15 is 0 Å². The van der Waals surface area contributed by atoms with Crippen LogP contribution >= 0.6 is 0 Å². The third-order valence-corrected chi connectivity index (χ3v) is 8.59. The molecule has 4 aromatic rings. The first-order valence-electron chi connectivity index (χ1n) is 16.3. The largest absolute Gasteiger partial charge is 1.00 e. The van der Waals surface area contributed by atoms with Crippen LogP contribution in [0.5, 0.6) is 11.5 Å². The van der Waals surface area contributed by atoms with Gasteiger partial charge in [0, 0.05) is 22.3 Å². The molecule has 4 aromatic carbocycles. The minimum atomic E-state index is 0. The Kier molecular flexibility index (Phi) is 11.4. The van der Waals surface area contributed by atoms with Crippen LogP contribution in [-0.4, -0.2) is 15.2 Å². The molecule has 0 saturated carbocycles. The zero-order valence-corrected chi connectivity index (χ0v) is 31.1. The summed E-state index contributed by atoms with van der Waals surface area (Å²) >= 11 is 0. The van der Waals surface area contributed by atoms with Gasteiger partial charge in [0.2, 0.25) is 11.4 Å². The van der Waals surface area contributed by atoms with Crippen LogP contribution in [0.25, 0.3) is 5.32 Å². The average Bonchev–Trinajstić information content (AvgIpc) is 3.50. The van der Waals surface area contributed by atoms with Gasteiger partial charge in [0.25, 0.3) is 12.4 Å². The number of para-hydroxylation sites is 4. The molecule has 2 aliphatic heterocycles. The summed E-state index contributed by atoms with van der Waals surface area (Å²) in [6.45, 7) is 22.3. The molecule has 242 valence electrons. The van der Waals surface area contributed by atoms with Gasteiger partial charge in [-0.25, -0.2) is 0 Å². The summed E-state index contributed by atoms with van der Waals surface area (Å²) in [7, 11) is 0. The van der Waals surface area contributed by atoms with Crippen molar-refractivity contribution in [3.8, 4) is 11.5 Å². The van der Waals surface area contributed by atoms with Crippen LogP contribution in [0.1, 0.15) is 112 Å². The van der Waals surface area contributed by atoms with Crippen molar-refractivity contribution in [2.75, 3.05) is 0 Å². The fourth-order valence-corrected chi connectivity index (χ4v) is 6.09. The van der Waals surface area contributed by atoms with Crippen LogP contribution < -0.4 is 4.74 Å². The molecule has 0 spiro atoms. The van der Waals surface area contributed by atoms with E-state index in [0.717, 1.165) is 34.0 Å². The van der Waals surface area contributed by atoms with E-state index < -0.39 is 0 Å². The molecule has 0 N–H and O–H groups in total. The number of hydrogen-bond acceptors (Lipinski definition) is 1. The number of ether oxygens (including phenoxy) is 1. The van der Waals surface area contributed by atoms with Crippen molar-refractivity contribution in [2.24, 2.45) is 0 Å². The summed E-state index contributed by atoms with van der Waals surface area (Å²) in [6.07, 6.45) is 4.32. The molecule has 0 aromatic heterocycles. The third kappa shape index (κ3) is 7.17. The Morgan fingerprint density at radius 3 is 1.17 bits per heavy atom. The molecule has 0 fully saturated rings. The van der Waals surface area contributed by atoms with Gasteiger partial charge in [-0.2, -0.15) is 0 Å². The standard InChI is InChI=1S/C27H36N2.C14H12NO.Au/c1-18(2)22-11-9-12-23(19(3)4)26(22)28-15-16-29(17-28)27-24(20(5)6)13-10-14-25(27)21(7)8;1-9-5-3-7-11-13(9)15-14-10(2)6-4-8-12(14)16-11;/h9-16,18-21H,1-8H3;3-8H,1-2H3;/q+2;-1;+1. The summed E-state index contributed by atoms with van der Waals surface area (Å²) in [5.74, 6) is 3.53. The monoisotopic (exact) mass is 795 g/mol. The van der Waals surface area contributed by atoms with E-state index in [-0.39, 0.29) is 22.4 Å². The Hall–Kier alpha value is -3.66. The van der Waals surface area contributed by atoms with Gasteiger partial charge in [-0.3, -0.25) is 0 Å². The minimum Gasteiger partial charge on any atom is -0.651 e. The molecule has 2 heterocycles. The van der Waals surface area contributed by atoms with Crippen LogP contribution in [-0.2, 0) is 22.4 Å². The molecule has 0 aliphatic carbocycles. The molecule has 0 bridgehead atoms. The van der Waals surface area contributed by atoms with Crippen molar-refractivity contribution in [3.05, 3.63) is 124 Å². The van der Waals surface area contributed by atoms with E-state index in [2.05, 4.69) is 151 Å². The third-order valence-electron chi connectivity index (χ3n) is 8.59. The number of rotatable bonds is 6. The zero-order valence-electron chi connectivity index (χ0n) is 28.9. The van der Waals surface area contributed by atoms with Crippen LogP contribution in [0.4, 0.5) is 22.7 Å². The number of benzene rings is 4. The SMILES string of the molecule is CC(C)c1cccc(C(C)C)c1[N+]1=C=[N+](c2c(C(C)C)cccc2C(C)C)C=C1.Cc1cccc2c1[N-]c1c(C)cccc1O2.[Au+]. The van der Waals surface area contributed by atoms with E-state index in [1.54, 1.807) is 0 Å². The van der Waals surface area contributed by atoms with Crippen molar-refractivity contribution in [1.29, 1.82) is 0 Å². The van der Waals surface area contributed by atoms with Crippen molar-refractivity contribution in [3.63, 3.8) is 0 Å². The quantitative estimate of drug-likeness (QED) is 0.124. The van der Waals surface area contributed by atoms with Crippen molar-refractivity contribution in [1.82, 2.24) is 0 Å². The number of aryl methyl sites for hydroxylation is 2. The fourth-order valence-electron chi connectivity index (χ4n) is 6.09. The van der Waals surface area contributed by atoms with Gasteiger partial charge >= 0.3 is 28.4 Å². The topological polar surface area (TPSA) is 29.4 Å². The molecule has 5 heteroatoms. The van der Waals surface area contributed by atoms with Crippen molar-refractivity contribution < 1.29 is 36.3 Å². The maximum absolute atomic E-state index is 5.85. The van der Waals surface area contributed by atoms with Crippen molar-refractivity contribution >= 4 is 28.8 Å². The summed E-state index contributed by atoms with van der Waals surface area (Å²) < 4.78 is 10.2. The van der Waals surface area contributed by atoms with Crippen LogP contribution in [0, 0.1) is 13.8 Å². The Balaban J connectivity index is 0.000000238. The molecule has 0 unspecified atom stereocenters. The number of nitrogens with zero attached hydrogens (tertiary/aromatic N) is 3. The van der Waals surface area contributed by atoms with Gasteiger partial charge in [0.15, 0.2) is 0 Å². The molecular formula is C41H48AuN3O+2. The fraction of sp³-hybridized carbons (Fsp3) is 0.341. The van der Waals surface area contributed by atoms with Crippen molar-refractivity contribution in [2.45, 2.75) is 92.9 Å². The Morgan fingerprint density at radius 2 is 0.848 bits per heavy atom. The van der Waals surface area contributed by atoms with E-state index in [1.807, 2.05) is 24.3 Å². The summed E-state index contributed by atoms with van der Waals surface area (Å²) in [4.78, 5) is 0. The van der Waals surface area contributed by atoms with Gasteiger partial charge in [-0.15, -0.1) is 0 Å². The normalized spacial score (nSPS) is 12.9. The molecule has 0 saturated heterocycles. The first kappa shape index (κ1) is 35.2. The predicted octanol–water partition coefficient (Wildman–Crippen LogP) is 12.6. The number of fused-ring (bicyclic) bond motifs is 2. The molecule has 0 atom stereocenters. The first-order chi connectivity index (χ1) is 21.5. The Bertz CT molecular complexity index is 1640. The van der Waals surface area contributed by atoms with E-state index in [9.17, 15) is 0 Å². The van der Waals surface area contributed by atoms with E-state index in [4.69, 9.17) is 4.74 Å². The second kappa shape index (κ2) is 14.8. The maximum Gasteiger partial charge on any atom is 1.00 e. The van der Waals surface area contributed by atoms with Crippen LogP contribution in [0.2, 0.25) is 0 Å². The molecule has 46 heavy (non-hydrogen) atoms. The smallest absolute Gasteiger partial charge is 0.651 e. The molecule has 0 amide bonds. The average molecular weight is 796 g/mol. The molecule has 0 radical (unpaired) electrons. The number of hydrogen-bond donors (Lipinski definition) is 0. The molecule has 2 aliphatic rings. The Labute approximate surface area is 292 Å². The van der Waals surface area contributed by atoms with Gasteiger partial charge in [-0.1, -0.05) is 148 Å². The zero-order chi connectivity index (χ0) is 32.4. The van der Waals surface area contributed by atoms with Gasteiger partial charge in [0.05, 0.1) is 0 Å². The summed E-state index contributed by atoms with van der Waals surface area (Å²) in [6, 6.07) is 29.1. The Morgan fingerprint density at radius 1 is 0.522 bits per heavy atom. The van der Waals surface area contributed by atoms with Crippen LogP contribution in [0.15, 0.2) is 85.2 Å².